The molecule has 0 spiro atoms. The van der Waals surface area contributed by atoms with Crippen LogP contribution in [-0.4, -0.2) is 61.7 Å². The summed E-state index contributed by atoms with van der Waals surface area (Å²) in [4.78, 5) is 34.3. The predicted molar refractivity (Wildman–Crippen MR) is 140 cm³/mol. The van der Waals surface area contributed by atoms with Crippen LogP contribution in [0.5, 0.6) is 0 Å². The van der Waals surface area contributed by atoms with E-state index in [1.807, 2.05) is 26.0 Å². The van der Waals surface area contributed by atoms with Gasteiger partial charge in [-0.2, -0.15) is 0 Å². The molecule has 1 aromatic rings. The highest BCUT2D eigenvalue weighted by atomic mass is 16.2. The van der Waals surface area contributed by atoms with Crippen LogP contribution in [0.4, 0.5) is 5.69 Å². The van der Waals surface area contributed by atoms with E-state index >= 15 is 0 Å². The minimum Gasteiger partial charge on any atom is -0.369 e. The van der Waals surface area contributed by atoms with Crippen molar-refractivity contribution in [2.45, 2.75) is 65.5 Å². The topological polar surface area (TPSA) is 65.0 Å². The Hall–Kier alpha value is -2.91. The van der Waals surface area contributed by atoms with Gasteiger partial charge in [-0.25, -0.2) is 4.99 Å². The largest absolute Gasteiger partial charge is 0.369 e. The summed E-state index contributed by atoms with van der Waals surface area (Å²) in [5.41, 5.74) is 4.82. The summed E-state index contributed by atoms with van der Waals surface area (Å²) in [6.45, 7) is 8.93. The van der Waals surface area contributed by atoms with Crippen LogP contribution in [0, 0.1) is 25.2 Å². The second-order valence-corrected chi connectivity index (χ2v) is 9.77. The van der Waals surface area contributed by atoms with Crippen molar-refractivity contribution in [1.29, 1.82) is 0 Å². The third-order valence-corrected chi connectivity index (χ3v) is 7.32. The van der Waals surface area contributed by atoms with Crippen molar-refractivity contribution in [2.24, 2.45) is 10.9 Å². The molecule has 6 nitrogen and oxygen atoms in total. The summed E-state index contributed by atoms with van der Waals surface area (Å²) in [5, 5.41) is 2.96. The number of nitrogens with zero attached hydrogens (tertiary/aromatic N) is 3. The van der Waals surface area contributed by atoms with Gasteiger partial charge in [-0.05, 0) is 91.2 Å². The van der Waals surface area contributed by atoms with E-state index < -0.39 is 5.92 Å². The highest BCUT2D eigenvalue weighted by molar-refractivity contribution is 6.06. The maximum Gasteiger partial charge on any atom is 0.254 e. The molecular formula is C28H38N4O2. The van der Waals surface area contributed by atoms with Crippen molar-refractivity contribution in [3.63, 3.8) is 0 Å². The van der Waals surface area contributed by atoms with Crippen LogP contribution in [0.3, 0.4) is 0 Å². The molecule has 0 radical (unpaired) electrons. The van der Waals surface area contributed by atoms with Crippen LogP contribution in [0.25, 0.3) is 0 Å². The molecule has 1 N–H and O–H groups in total. The summed E-state index contributed by atoms with van der Waals surface area (Å²) in [7, 11) is 4.30. The fourth-order valence-electron chi connectivity index (χ4n) is 5.28. The number of allylic oxidation sites excluding steroid dienone is 1. The third-order valence-electron chi connectivity index (χ3n) is 7.32. The average Bonchev–Trinajstić information content (AvgIpc) is 2.80. The number of aliphatic imine (C=N–C) groups is 1. The molecule has 1 aliphatic heterocycles. The van der Waals surface area contributed by atoms with E-state index in [1.165, 1.54) is 12.8 Å². The van der Waals surface area contributed by atoms with Gasteiger partial charge >= 0.3 is 0 Å². The minimum atomic E-state index is -0.428. The van der Waals surface area contributed by atoms with Gasteiger partial charge in [0.2, 0.25) is 0 Å². The average molecular weight is 463 g/mol. The van der Waals surface area contributed by atoms with Crippen LogP contribution < -0.4 is 10.2 Å². The molecule has 0 bridgehead atoms. The quantitative estimate of drug-likeness (QED) is 0.623. The highest BCUT2D eigenvalue weighted by Gasteiger charge is 2.29. The SMILES string of the molecule is C#Cc1cc(C(=O)NCC2C(=O)N=C(C)C=C2C)c(C)c(N(CC)C2CCC(N(C)C)CC2)c1. The first-order chi connectivity index (χ1) is 16.2. The molecule has 0 aromatic heterocycles. The molecule has 1 saturated carbocycles. The van der Waals surface area contributed by atoms with Crippen LogP contribution in [0.1, 0.15) is 67.9 Å². The summed E-state index contributed by atoms with van der Waals surface area (Å²) in [6.07, 6.45) is 12.2. The molecule has 182 valence electrons. The van der Waals surface area contributed by atoms with Gasteiger partial charge in [0.05, 0.1) is 5.92 Å². The first-order valence-corrected chi connectivity index (χ1v) is 12.3. The highest BCUT2D eigenvalue weighted by Crippen LogP contribution is 2.33. The van der Waals surface area contributed by atoms with Crippen LogP contribution >= 0.6 is 0 Å². The molecule has 3 rings (SSSR count). The summed E-state index contributed by atoms with van der Waals surface area (Å²) >= 11 is 0. The summed E-state index contributed by atoms with van der Waals surface area (Å²) in [5.74, 6) is 1.87. The van der Waals surface area contributed by atoms with E-state index in [0.29, 0.717) is 28.9 Å². The monoisotopic (exact) mass is 462 g/mol. The van der Waals surface area contributed by atoms with E-state index in [2.05, 4.69) is 47.0 Å². The summed E-state index contributed by atoms with van der Waals surface area (Å²) in [6, 6.07) is 4.86. The van der Waals surface area contributed by atoms with Crippen molar-refractivity contribution in [1.82, 2.24) is 10.2 Å². The first-order valence-electron chi connectivity index (χ1n) is 12.3. The van der Waals surface area contributed by atoms with Gasteiger partial charge in [0.25, 0.3) is 11.8 Å². The second-order valence-electron chi connectivity index (χ2n) is 9.77. The molecule has 2 aliphatic rings. The number of hydrogen-bond donors (Lipinski definition) is 1. The number of anilines is 1. The number of dihydropyridines is 1. The van der Waals surface area contributed by atoms with E-state index in [1.54, 1.807) is 13.0 Å². The number of carbonyl (C=O) groups is 2. The van der Waals surface area contributed by atoms with Gasteiger partial charge in [-0.15, -0.1) is 6.42 Å². The van der Waals surface area contributed by atoms with Gasteiger partial charge in [0.1, 0.15) is 0 Å². The molecule has 1 aromatic carbocycles. The molecule has 0 saturated heterocycles. The fraction of sp³-hybridized carbons (Fsp3) is 0.536. The lowest BCUT2D eigenvalue weighted by Crippen LogP contribution is -2.42. The van der Waals surface area contributed by atoms with E-state index in [9.17, 15) is 9.59 Å². The molecule has 2 amide bonds. The fourth-order valence-corrected chi connectivity index (χ4v) is 5.28. The number of hydrogen-bond acceptors (Lipinski definition) is 4. The smallest absolute Gasteiger partial charge is 0.254 e. The number of carbonyl (C=O) groups excluding carboxylic acids is 2. The molecule has 6 heteroatoms. The Bertz CT molecular complexity index is 1040. The van der Waals surface area contributed by atoms with E-state index in [-0.39, 0.29) is 18.4 Å². The Morgan fingerprint density at radius 1 is 1.15 bits per heavy atom. The minimum absolute atomic E-state index is 0.210. The normalized spacial score (nSPS) is 22.6. The molecule has 1 atom stereocenters. The molecule has 1 aliphatic carbocycles. The lowest BCUT2D eigenvalue weighted by molar-refractivity contribution is -0.120. The molecule has 1 fully saturated rings. The number of nitrogens with one attached hydrogen (secondary N) is 1. The maximum absolute atomic E-state index is 13.2. The Kier molecular flexibility index (Phi) is 8.33. The molecular weight excluding hydrogens is 424 g/mol. The zero-order chi connectivity index (χ0) is 25.0. The van der Waals surface area contributed by atoms with E-state index in [0.717, 1.165) is 36.2 Å². The summed E-state index contributed by atoms with van der Waals surface area (Å²) < 4.78 is 0. The number of terminal acetylenes is 1. The van der Waals surface area contributed by atoms with Crippen molar-refractivity contribution >= 4 is 23.2 Å². The standard InChI is InChI=1S/C28H38N4O2/c1-8-21-15-24(27(33)29-17-25-18(3)14-19(4)30-28(25)34)20(5)26(16-21)32(9-2)23-12-10-22(11-13-23)31(6)7/h1,14-16,22-23,25H,9-13,17H2,2-7H3,(H,29,33). The van der Waals surface area contributed by atoms with Gasteiger partial charge in [-0.1, -0.05) is 11.5 Å². The lowest BCUT2D eigenvalue weighted by Gasteiger charge is -2.40. The van der Waals surface area contributed by atoms with Crippen molar-refractivity contribution in [3.05, 3.63) is 40.5 Å². The zero-order valence-electron chi connectivity index (χ0n) is 21.4. The third kappa shape index (κ3) is 5.59. The van der Waals surface area contributed by atoms with Crippen molar-refractivity contribution < 1.29 is 9.59 Å². The number of rotatable bonds is 7. The van der Waals surface area contributed by atoms with Crippen LogP contribution in [0.2, 0.25) is 0 Å². The van der Waals surface area contributed by atoms with Crippen molar-refractivity contribution in [2.75, 3.05) is 32.1 Å². The molecule has 34 heavy (non-hydrogen) atoms. The van der Waals surface area contributed by atoms with Crippen LogP contribution in [-0.2, 0) is 4.79 Å². The Labute approximate surface area is 204 Å². The Balaban J connectivity index is 1.81. The maximum atomic E-state index is 13.2. The second kappa shape index (κ2) is 11.0. The van der Waals surface area contributed by atoms with E-state index in [4.69, 9.17) is 6.42 Å². The van der Waals surface area contributed by atoms with Gasteiger partial charge in [0, 0.05) is 47.7 Å². The van der Waals surface area contributed by atoms with Gasteiger partial charge < -0.3 is 15.1 Å². The molecule has 1 heterocycles. The number of amides is 2. The van der Waals surface area contributed by atoms with Crippen LogP contribution in [0.15, 0.2) is 28.8 Å². The van der Waals surface area contributed by atoms with Gasteiger partial charge in [0.15, 0.2) is 0 Å². The molecule has 1 unspecified atom stereocenters. The Morgan fingerprint density at radius 2 is 1.79 bits per heavy atom. The number of benzene rings is 1. The first kappa shape index (κ1) is 25.7. The Morgan fingerprint density at radius 3 is 2.35 bits per heavy atom. The van der Waals surface area contributed by atoms with Gasteiger partial charge in [-0.3, -0.25) is 9.59 Å². The van der Waals surface area contributed by atoms with Crippen molar-refractivity contribution in [3.8, 4) is 12.3 Å². The zero-order valence-corrected chi connectivity index (χ0v) is 21.4. The lowest BCUT2D eigenvalue weighted by atomic mass is 9.88. The predicted octanol–water partition coefficient (Wildman–Crippen LogP) is 3.97.